The molecule has 0 aliphatic carbocycles. The molecule has 0 amide bonds. The van der Waals surface area contributed by atoms with E-state index in [4.69, 9.17) is 11.5 Å². The number of rotatable bonds is 5. The summed E-state index contributed by atoms with van der Waals surface area (Å²) in [5.41, 5.74) is 12.9. The fourth-order valence-corrected chi connectivity index (χ4v) is 1.15. The van der Waals surface area contributed by atoms with Gasteiger partial charge in [-0.3, -0.25) is 0 Å². The average Bonchev–Trinajstić information content (AvgIpc) is 2.13. The van der Waals surface area contributed by atoms with Gasteiger partial charge in [-0.2, -0.15) is 0 Å². The highest BCUT2D eigenvalue weighted by molar-refractivity contribution is 5.53. The Labute approximate surface area is 79.1 Å². The van der Waals surface area contributed by atoms with Crippen molar-refractivity contribution in [2.24, 2.45) is 5.73 Å². The van der Waals surface area contributed by atoms with Crippen LogP contribution in [0.3, 0.4) is 0 Å². The zero-order valence-corrected chi connectivity index (χ0v) is 7.79. The summed E-state index contributed by atoms with van der Waals surface area (Å²) < 4.78 is 0. The fraction of sp³-hybridized carbons (Fsp3) is 0.400. The third-order valence-corrected chi connectivity index (χ3v) is 1.85. The molecule has 1 aromatic carbocycles. The van der Waals surface area contributed by atoms with Crippen molar-refractivity contribution in [3.8, 4) is 0 Å². The van der Waals surface area contributed by atoms with E-state index < -0.39 is 0 Å². The lowest BCUT2D eigenvalue weighted by molar-refractivity contribution is 0.774. The first kappa shape index (κ1) is 9.86. The molecule has 0 bridgehead atoms. The van der Waals surface area contributed by atoms with E-state index in [1.807, 2.05) is 24.3 Å². The maximum absolute atomic E-state index is 5.63. The van der Waals surface area contributed by atoms with E-state index in [0.717, 1.165) is 37.3 Å². The Morgan fingerprint density at radius 1 is 1.23 bits per heavy atom. The Kier molecular flexibility index (Phi) is 4.12. The van der Waals surface area contributed by atoms with Crippen LogP contribution in [0.1, 0.15) is 12.8 Å². The molecule has 3 nitrogen and oxygen atoms in total. The molecule has 13 heavy (non-hydrogen) atoms. The minimum absolute atomic E-state index is 0.763. The number of anilines is 2. The molecule has 0 radical (unpaired) electrons. The van der Waals surface area contributed by atoms with Crippen molar-refractivity contribution in [3.63, 3.8) is 0 Å². The van der Waals surface area contributed by atoms with Gasteiger partial charge in [0.15, 0.2) is 0 Å². The van der Waals surface area contributed by atoms with E-state index >= 15 is 0 Å². The Morgan fingerprint density at radius 3 is 2.77 bits per heavy atom. The summed E-state index contributed by atoms with van der Waals surface area (Å²) in [4.78, 5) is 0. The molecule has 0 aromatic heterocycles. The van der Waals surface area contributed by atoms with Crippen molar-refractivity contribution in [2.75, 3.05) is 24.1 Å². The van der Waals surface area contributed by atoms with Gasteiger partial charge in [0.25, 0.3) is 0 Å². The lowest BCUT2D eigenvalue weighted by Crippen LogP contribution is -2.05. The smallest absolute Gasteiger partial charge is 0.0360 e. The van der Waals surface area contributed by atoms with E-state index in [1.54, 1.807) is 0 Å². The Morgan fingerprint density at radius 2 is 2.08 bits per heavy atom. The quantitative estimate of drug-likeness (QED) is 0.473. The van der Waals surface area contributed by atoms with Crippen molar-refractivity contribution in [3.05, 3.63) is 24.3 Å². The van der Waals surface area contributed by atoms with Crippen LogP contribution in [-0.2, 0) is 0 Å². The summed E-state index contributed by atoms with van der Waals surface area (Å²) in [6.07, 6.45) is 2.17. The van der Waals surface area contributed by atoms with Gasteiger partial charge >= 0.3 is 0 Å². The fourth-order valence-electron chi connectivity index (χ4n) is 1.15. The molecule has 72 valence electrons. The Hall–Kier alpha value is -1.22. The van der Waals surface area contributed by atoms with Gasteiger partial charge in [-0.15, -0.1) is 0 Å². The van der Waals surface area contributed by atoms with Crippen molar-refractivity contribution < 1.29 is 0 Å². The summed E-state index contributed by atoms with van der Waals surface area (Å²) >= 11 is 0. The first-order valence-corrected chi connectivity index (χ1v) is 4.62. The van der Waals surface area contributed by atoms with E-state index in [-0.39, 0.29) is 0 Å². The van der Waals surface area contributed by atoms with Crippen LogP contribution < -0.4 is 16.8 Å². The largest absolute Gasteiger partial charge is 0.399 e. The monoisotopic (exact) mass is 179 g/mol. The number of unbranched alkanes of at least 4 members (excludes halogenated alkanes) is 1. The summed E-state index contributed by atoms with van der Waals surface area (Å²) in [6, 6.07) is 7.77. The van der Waals surface area contributed by atoms with Crippen LogP contribution in [0.25, 0.3) is 0 Å². The molecule has 0 fully saturated rings. The molecule has 3 heteroatoms. The highest BCUT2D eigenvalue weighted by Crippen LogP contribution is 2.11. The average molecular weight is 179 g/mol. The van der Waals surface area contributed by atoms with Gasteiger partial charge in [-0.1, -0.05) is 6.07 Å². The van der Waals surface area contributed by atoms with E-state index in [9.17, 15) is 0 Å². The summed E-state index contributed by atoms with van der Waals surface area (Å²) in [5.74, 6) is 0. The van der Waals surface area contributed by atoms with Gasteiger partial charge in [-0.25, -0.2) is 0 Å². The van der Waals surface area contributed by atoms with Crippen LogP contribution in [-0.4, -0.2) is 13.1 Å². The van der Waals surface area contributed by atoms with Gasteiger partial charge < -0.3 is 16.8 Å². The number of nitrogens with two attached hydrogens (primary N) is 2. The molecule has 0 spiro atoms. The second-order valence-corrected chi connectivity index (χ2v) is 3.05. The first-order chi connectivity index (χ1) is 6.33. The lowest BCUT2D eigenvalue weighted by Gasteiger charge is -2.05. The van der Waals surface area contributed by atoms with Crippen LogP contribution in [0.15, 0.2) is 24.3 Å². The number of hydrogen-bond donors (Lipinski definition) is 3. The third-order valence-electron chi connectivity index (χ3n) is 1.85. The molecule has 0 saturated carbocycles. The number of hydrogen-bond acceptors (Lipinski definition) is 3. The topological polar surface area (TPSA) is 64.1 Å². The predicted octanol–water partition coefficient (Wildman–Crippen LogP) is 1.42. The molecule has 0 heterocycles. The van der Waals surface area contributed by atoms with Gasteiger partial charge in [0, 0.05) is 17.9 Å². The molecule has 0 saturated heterocycles. The van der Waals surface area contributed by atoms with Crippen LogP contribution >= 0.6 is 0 Å². The summed E-state index contributed by atoms with van der Waals surface area (Å²) in [5, 5.41) is 3.28. The highest BCUT2D eigenvalue weighted by atomic mass is 14.9. The normalized spacial score (nSPS) is 9.92. The van der Waals surface area contributed by atoms with Crippen LogP contribution in [0.4, 0.5) is 11.4 Å². The van der Waals surface area contributed by atoms with Crippen LogP contribution in [0.5, 0.6) is 0 Å². The highest BCUT2D eigenvalue weighted by Gasteiger charge is 1.91. The Balaban J connectivity index is 2.28. The summed E-state index contributed by atoms with van der Waals surface area (Å²) in [6.45, 7) is 1.72. The molecule has 1 rings (SSSR count). The zero-order valence-electron chi connectivity index (χ0n) is 7.79. The first-order valence-electron chi connectivity index (χ1n) is 4.62. The predicted molar refractivity (Wildman–Crippen MR) is 57.6 cm³/mol. The minimum Gasteiger partial charge on any atom is -0.399 e. The van der Waals surface area contributed by atoms with E-state index in [1.165, 1.54) is 0 Å². The van der Waals surface area contributed by atoms with Crippen LogP contribution in [0.2, 0.25) is 0 Å². The van der Waals surface area contributed by atoms with Crippen molar-refractivity contribution >= 4 is 11.4 Å². The van der Waals surface area contributed by atoms with Crippen LogP contribution in [0, 0.1) is 0 Å². The molecule has 0 aliphatic heterocycles. The maximum Gasteiger partial charge on any atom is 0.0360 e. The van der Waals surface area contributed by atoms with Crippen molar-refractivity contribution in [1.29, 1.82) is 0 Å². The number of nitrogens with one attached hydrogen (secondary N) is 1. The minimum atomic E-state index is 0.763. The molecule has 0 unspecified atom stereocenters. The summed E-state index contributed by atoms with van der Waals surface area (Å²) in [7, 11) is 0. The maximum atomic E-state index is 5.63. The lowest BCUT2D eigenvalue weighted by atomic mass is 10.2. The van der Waals surface area contributed by atoms with Gasteiger partial charge in [0.2, 0.25) is 0 Å². The number of nitrogen functional groups attached to an aromatic ring is 1. The third kappa shape index (κ3) is 3.80. The molecular weight excluding hydrogens is 162 g/mol. The van der Waals surface area contributed by atoms with Crippen molar-refractivity contribution in [2.45, 2.75) is 12.8 Å². The van der Waals surface area contributed by atoms with E-state index in [0.29, 0.717) is 0 Å². The standard InChI is InChI=1S/C10H17N3/c11-6-1-2-7-13-10-5-3-4-9(12)8-10/h3-5,8,13H,1-2,6-7,11-12H2. The Bertz CT molecular complexity index is 248. The zero-order chi connectivity index (χ0) is 9.52. The SMILES string of the molecule is NCCCCNc1cccc(N)c1. The van der Waals surface area contributed by atoms with Gasteiger partial charge in [-0.05, 0) is 37.6 Å². The molecule has 1 aromatic rings. The number of benzene rings is 1. The van der Waals surface area contributed by atoms with E-state index in [2.05, 4.69) is 5.32 Å². The second-order valence-electron chi connectivity index (χ2n) is 3.05. The molecule has 5 N–H and O–H groups in total. The van der Waals surface area contributed by atoms with Crippen molar-refractivity contribution in [1.82, 2.24) is 0 Å². The van der Waals surface area contributed by atoms with Gasteiger partial charge in [0.1, 0.15) is 0 Å². The molecular formula is C10H17N3. The van der Waals surface area contributed by atoms with Gasteiger partial charge in [0.05, 0.1) is 0 Å². The second kappa shape index (κ2) is 5.43. The molecule has 0 atom stereocenters. The molecule has 0 aliphatic rings.